The van der Waals surface area contributed by atoms with Crippen molar-refractivity contribution in [3.63, 3.8) is 0 Å². The van der Waals surface area contributed by atoms with Crippen LogP contribution in [0, 0.1) is 0 Å². The zero-order valence-corrected chi connectivity index (χ0v) is 14.8. The van der Waals surface area contributed by atoms with Crippen LogP contribution < -0.4 is 0 Å². The molecule has 6 heteroatoms. The highest BCUT2D eigenvalue weighted by Crippen LogP contribution is 2.28. The van der Waals surface area contributed by atoms with Crippen molar-refractivity contribution in [2.45, 2.75) is 36.8 Å². The molecule has 0 aliphatic carbocycles. The molecule has 0 heterocycles. The van der Waals surface area contributed by atoms with E-state index in [0.717, 1.165) is 12.8 Å². The van der Waals surface area contributed by atoms with Crippen LogP contribution in [0.5, 0.6) is 0 Å². The van der Waals surface area contributed by atoms with Crippen molar-refractivity contribution in [2.75, 3.05) is 26.8 Å². The molecule has 0 aliphatic heterocycles. The molecule has 128 valence electrons. The predicted molar refractivity (Wildman–Crippen MR) is 92.1 cm³/mol. The number of carboxylic acid groups (broad SMARTS) is 1. The van der Waals surface area contributed by atoms with Gasteiger partial charge in [-0.05, 0) is 25.5 Å². The van der Waals surface area contributed by atoms with Crippen LogP contribution in [0.3, 0.4) is 0 Å². The van der Waals surface area contributed by atoms with Gasteiger partial charge in [-0.3, -0.25) is 9.59 Å². The summed E-state index contributed by atoms with van der Waals surface area (Å²) in [5.74, 6) is -0.962. The molecule has 5 nitrogen and oxygen atoms in total. The first-order chi connectivity index (χ1) is 11.0. The zero-order valence-electron chi connectivity index (χ0n) is 13.9. The molecule has 1 rings (SSSR count). The van der Waals surface area contributed by atoms with Gasteiger partial charge in [-0.25, -0.2) is 0 Å². The van der Waals surface area contributed by atoms with E-state index in [1.54, 1.807) is 37.1 Å². The number of methoxy groups -OCH3 is 1. The maximum Gasteiger partial charge on any atom is 0.316 e. The second-order valence-corrected chi connectivity index (χ2v) is 6.62. The lowest BCUT2D eigenvalue weighted by Crippen LogP contribution is -2.35. The number of unbranched alkanes of at least 4 members (excludes halogenated alkanes) is 1. The number of carbonyl (C=O) groups excluding carboxylic acids is 1. The van der Waals surface area contributed by atoms with Crippen LogP contribution in [0.15, 0.2) is 29.2 Å². The number of rotatable bonds is 10. The van der Waals surface area contributed by atoms with Crippen molar-refractivity contribution < 1.29 is 19.4 Å². The third-order valence-electron chi connectivity index (χ3n) is 3.40. The van der Waals surface area contributed by atoms with E-state index in [1.807, 2.05) is 6.07 Å². The van der Waals surface area contributed by atoms with Gasteiger partial charge >= 0.3 is 5.97 Å². The van der Waals surface area contributed by atoms with E-state index in [1.165, 1.54) is 11.8 Å². The van der Waals surface area contributed by atoms with E-state index in [2.05, 4.69) is 6.92 Å². The monoisotopic (exact) mass is 339 g/mol. The Kier molecular flexibility index (Phi) is 8.73. The van der Waals surface area contributed by atoms with E-state index < -0.39 is 11.2 Å². The molecule has 0 saturated carbocycles. The van der Waals surface area contributed by atoms with Gasteiger partial charge < -0.3 is 14.7 Å². The largest absolute Gasteiger partial charge is 0.480 e. The summed E-state index contributed by atoms with van der Waals surface area (Å²) in [5, 5.41) is 8.48. The molecule has 0 saturated heterocycles. The van der Waals surface area contributed by atoms with Crippen molar-refractivity contribution in [3.8, 4) is 0 Å². The Hall–Kier alpha value is -1.53. The summed E-state index contributed by atoms with van der Waals surface area (Å²) in [6.45, 7) is 5.39. The van der Waals surface area contributed by atoms with Crippen LogP contribution in [0.2, 0.25) is 0 Å². The lowest BCUT2D eigenvalue weighted by atomic mass is 10.2. The van der Waals surface area contributed by atoms with Crippen LogP contribution in [0.25, 0.3) is 0 Å². The molecule has 1 amide bonds. The molecule has 0 spiro atoms. The summed E-state index contributed by atoms with van der Waals surface area (Å²) in [7, 11) is 1.61. The Labute approximate surface area is 142 Å². The van der Waals surface area contributed by atoms with Gasteiger partial charge in [0.25, 0.3) is 5.91 Å². The average Bonchev–Trinajstić information content (AvgIpc) is 2.55. The smallest absolute Gasteiger partial charge is 0.316 e. The molecule has 0 bridgehead atoms. The molecule has 0 radical (unpaired) electrons. The molecule has 0 fully saturated rings. The van der Waals surface area contributed by atoms with Gasteiger partial charge in [0.1, 0.15) is 5.25 Å². The standard InChI is InChI=1S/C17H25NO4S/c1-4-5-10-18(11-12-22-3)16(19)14-8-6-7-9-15(14)23-13(2)17(20)21/h6-9,13H,4-5,10-12H2,1-3H3,(H,20,21). The molecule has 1 N–H and O–H groups in total. The number of ether oxygens (including phenoxy) is 1. The zero-order chi connectivity index (χ0) is 17.2. The fourth-order valence-corrected chi connectivity index (χ4v) is 2.94. The highest BCUT2D eigenvalue weighted by Gasteiger charge is 2.21. The molecule has 1 aromatic carbocycles. The Bertz CT molecular complexity index is 513. The lowest BCUT2D eigenvalue weighted by molar-refractivity contribution is -0.136. The molecule has 1 atom stereocenters. The van der Waals surface area contributed by atoms with Gasteiger partial charge in [0, 0.05) is 25.1 Å². The summed E-state index contributed by atoms with van der Waals surface area (Å²) in [4.78, 5) is 26.4. The van der Waals surface area contributed by atoms with Crippen molar-refractivity contribution in [1.82, 2.24) is 4.90 Å². The number of hydrogen-bond donors (Lipinski definition) is 1. The predicted octanol–water partition coefficient (Wildman–Crippen LogP) is 3.14. The minimum absolute atomic E-state index is 0.0730. The van der Waals surface area contributed by atoms with Gasteiger partial charge in [-0.15, -0.1) is 11.8 Å². The Morgan fingerprint density at radius 1 is 1.30 bits per heavy atom. The number of carbonyl (C=O) groups is 2. The number of benzene rings is 1. The molecular weight excluding hydrogens is 314 g/mol. The number of amides is 1. The minimum Gasteiger partial charge on any atom is -0.480 e. The number of aliphatic carboxylic acids is 1. The quantitative estimate of drug-likeness (QED) is 0.663. The average molecular weight is 339 g/mol. The lowest BCUT2D eigenvalue weighted by Gasteiger charge is -2.23. The highest BCUT2D eigenvalue weighted by molar-refractivity contribution is 8.00. The van der Waals surface area contributed by atoms with Gasteiger partial charge in [0.2, 0.25) is 0 Å². The molecule has 1 unspecified atom stereocenters. The SMILES string of the molecule is CCCCN(CCOC)C(=O)c1ccccc1SC(C)C(=O)O. The van der Waals surface area contributed by atoms with Gasteiger partial charge in [-0.1, -0.05) is 25.5 Å². The minimum atomic E-state index is -0.889. The van der Waals surface area contributed by atoms with E-state index in [-0.39, 0.29) is 5.91 Å². The van der Waals surface area contributed by atoms with Crippen molar-refractivity contribution >= 4 is 23.6 Å². The van der Waals surface area contributed by atoms with Crippen LogP contribution in [0.1, 0.15) is 37.0 Å². The van der Waals surface area contributed by atoms with Crippen molar-refractivity contribution in [2.24, 2.45) is 0 Å². The van der Waals surface area contributed by atoms with Gasteiger partial charge in [0.15, 0.2) is 0 Å². The topological polar surface area (TPSA) is 66.8 Å². The van der Waals surface area contributed by atoms with Crippen LogP contribution in [-0.4, -0.2) is 53.9 Å². The first-order valence-corrected chi connectivity index (χ1v) is 8.65. The van der Waals surface area contributed by atoms with Crippen LogP contribution >= 0.6 is 11.8 Å². The van der Waals surface area contributed by atoms with E-state index in [0.29, 0.717) is 30.2 Å². The fourth-order valence-electron chi connectivity index (χ4n) is 2.02. The van der Waals surface area contributed by atoms with E-state index >= 15 is 0 Å². The Morgan fingerprint density at radius 3 is 2.61 bits per heavy atom. The third-order valence-corrected chi connectivity index (χ3v) is 4.57. The summed E-state index contributed by atoms with van der Waals surface area (Å²) >= 11 is 1.19. The normalized spacial score (nSPS) is 12.0. The van der Waals surface area contributed by atoms with E-state index in [4.69, 9.17) is 9.84 Å². The summed E-state index contributed by atoms with van der Waals surface area (Å²) in [6.07, 6.45) is 1.93. The fraction of sp³-hybridized carbons (Fsp3) is 0.529. The van der Waals surface area contributed by atoms with Gasteiger partial charge in [0.05, 0.1) is 12.2 Å². The molecular formula is C17H25NO4S. The second kappa shape index (κ2) is 10.3. The van der Waals surface area contributed by atoms with Gasteiger partial charge in [-0.2, -0.15) is 0 Å². The number of thioether (sulfide) groups is 1. The summed E-state index contributed by atoms with van der Waals surface area (Å²) < 4.78 is 5.09. The van der Waals surface area contributed by atoms with Crippen molar-refractivity contribution in [3.05, 3.63) is 29.8 Å². The van der Waals surface area contributed by atoms with Crippen molar-refractivity contribution in [1.29, 1.82) is 0 Å². The molecule has 23 heavy (non-hydrogen) atoms. The van der Waals surface area contributed by atoms with Crippen LogP contribution in [0.4, 0.5) is 0 Å². The maximum atomic E-state index is 12.8. The Balaban J connectivity index is 2.96. The second-order valence-electron chi connectivity index (χ2n) is 5.23. The Morgan fingerprint density at radius 2 is 2.00 bits per heavy atom. The molecule has 0 aromatic heterocycles. The number of nitrogens with zero attached hydrogens (tertiary/aromatic N) is 1. The van der Waals surface area contributed by atoms with Crippen LogP contribution in [-0.2, 0) is 9.53 Å². The first-order valence-electron chi connectivity index (χ1n) is 7.78. The molecule has 0 aliphatic rings. The first kappa shape index (κ1) is 19.5. The van der Waals surface area contributed by atoms with E-state index in [9.17, 15) is 9.59 Å². The summed E-state index contributed by atoms with van der Waals surface area (Å²) in [6, 6.07) is 7.17. The molecule has 1 aromatic rings. The summed E-state index contributed by atoms with van der Waals surface area (Å²) in [5.41, 5.74) is 0.554. The highest BCUT2D eigenvalue weighted by atomic mass is 32.2. The third kappa shape index (κ3) is 6.23. The maximum absolute atomic E-state index is 12.8. The number of carboxylic acids is 1. The number of hydrogen-bond acceptors (Lipinski definition) is 4.